The molecule has 4 heteroatoms. The molecule has 0 atom stereocenters. The van der Waals surface area contributed by atoms with Crippen LogP contribution in [0.2, 0.25) is 0 Å². The number of nitrogens with zero attached hydrogens (tertiary/aromatic N) is 1. The molecule has 0 aliphatic carbocycles. The lowest BCUT2D eigenvalue weighted by Gasteiger charge is -2.25. The van der Waals surface area contributed by atoms with E-state index in [9.17, 15) is 9.18 Å². The zero-order chi connectivity index (χ0) is 14.4. The SMILES string of the molecule is CCCN(CC(=O)c1cc(F)ccc1OC)C(C)C. The fourth-order valence-electron chi connectivity index (χ4n) is 1.97. The average molecular weight is 267 g/mol. The molecule has 1 aromatic carbocycles. The Bertz CT molecular complexity index is 432. The Morgan fingerprint density at radius 1 is 1.42 bits per heavy atom. The molecule has 106 valence electrons. The van der Waals surface area contributed by atoms with Crippen molar-refractivity contribution in [1.82, 2.24) is 4.90 Å². The lowest BCUT2D eigenvalue weighted by Crippen LogP contribution is -2.36. The molecule has 0 heterocycles. The predicted octanol–water partition coefficient (Wildman–Crippen LogP) is 3.14. The van der Waals surface area contributed by atoms with E-state index in [1.807, 2.05) is 13.8 Å². The van der Waals surface area contributed by atoms with Crippen molar-refractivity contribution in [1.29, 1.82) is 0 Å². The molecule has 0 aliphatic rings. The second-order valence-electron chi connectivity index (χ2n) is 4.83. The van der Waals surface area contributed by atoms with Gasteiger partial charge in [-0.05, 0) is 45.0 Å². The van der Waals surface area contributed by atoms with E-state index in [0.717, 1.165) is 13.0 Å². The third-order valence-electron chi connectivity index (χ3n) is 3.05. The van der Waals surface area contributed by atoms with Crippen molar-refractivity contribution in [3.63, 3.8) is 0 Å². The van der Waals surface area contributed by atoms with E-state index in [4.69, 9.17) is 4.74 Å². The summed E-state index contributed by atoms with van der Waals surface area (Å²) in [5, 5.41) is 0. The standard InChI is InChI=1S/C15H22FNO2/c1-5-8-17(11(2)3)10-14(18)13-9-12(16)6-7-15(13)19-4/h6-7,9,11H,5,8,10H2,1-4H3. The van der Waals surface area contributed by atoms with Crippen LogP contribution in [0.25, 0.3) is 0 Å². The number of carbonyl (C=O) groups is 1. The van der Waals surface area contributed by atoms with Crippen LogP contribution < -0.4 is 4.74 Å². The molecule has 0 spiro atoms. The second kappa shape index (κ2) is 7.24. The van der Waals surface area contributed by atoms with E-state index < -0.39 is 5.82 Å². The predicted molar refractivity (Wildman–Crippen MR) is 74.3 cm³/mol. The van der Waals surface area contributed by atoms with Gasteiger partial charge in [0.05, 0.1) is 19.2 Å². The van der Waals surface area contributed by atoms with E-state index in [1.165, 1.54) is 25.3 Å². The Labute approximate surface area is 114 Å². The van der Waals surface area contributed by atoms with E-state index in [2.05, 4.69) is 11.8 Å². The molecule has 1 rings (SSSR count). The Hall–Kier alpha value is -1.42. The van der Waals surface area contributed by atoms with Gasteiger partial charge in [0.2, 0.25) is 0 Å². The van der Waals surface area contributed by atoms with Crippen LogP contribution in [0.1, 0.15) is 37.6 Å². The van der Waals surface area contributed by atoms with Crippen LogP contribution in [0.5, 0.6) is 5.75 Å². The zero-order valence-corrected chi connectivity index (χ0v) is 12.1. The maximum absolute atomic E-state index is 13.3. The molecule has 0 saturated carbocycles. The first-order valence-electron chi connectivity index (χ1n) is 6.60. The molecule has 0 aromatic heterocycles. The quantitative estimate of drug-likeness (QED) is 0.711. The summed E-state index contributed by atoms with van der Waals surface area (Å²) in [6, 6.07) is 4.30. The van der Waals surface area contributed by atoms with Crippen LogP contribution in [0.15, 0.2) is 18.2 Å². The number of halogens is 1. The Kier molecular flexibility index (Phi) is 5.96. The minimum atomic E-state index is -0.421. The molecule has 0 radical (unpaired) electrons. The zero-order valence-electron chi connectivity index (χ0n) is 12.1. The first-order valence-corrected chi connectivity index (χ1v) is 6.60. The number of Topliss-reactive ketones (excluding diaryl/α,β-unsaturated/α-hetero) is 1. The summed E-state index contributed by atoms with van der Waals surface area (Å²) in [4.78, 5) is 14.4. The van der Waals surface area contributed by atoms with Crippen molar-refractivity contribution in [2.75, 3.05) is 20.2 Å². The topological polar surface area (TPSA) is 29.5 Å². The van der Waals surface area contributed by atoms with Gasteiger partial charge < -0.3 is 4.74 Å². The van der Waals surface area contributed by atoms with E-state index in [0.29, 0.717) is 11.3 Å². The Morgan fingerprint density at radius 2 is 2.11 bits per heavy atom. The summed E-state index contributed by atoms with van der Waals surface area (Å²) in [6.07, 6.45) is 0.978. The van der Waals surface area contributed by atoms with Crippen molar-refractivity contribution in [3.05, 3.63) is 29.6 Å². The van der Waals surface area contributed by atoms with E-state index >= 15 is 0 Å². The van der Waals surface area contributed by atoms with Crippen LogP contribution in [0.3, 0.4) is 0 Å². The van der Waals surface area contributed by atoms with Gasteiger partial charge in [-0.15, -0.1) is 0 Å². The number of ketones is 1. The second-order valence-corrected chi connectivity index (χ2v) is 4.83. The number of ether oxygens (including phenoxy) is 1. The van der Waals surface area contributed by atoms with Gasteiger partial charge in [-0.25, -0.2) is 4.39 Å². The van der Waals surface area contributed by atoms with Gasteiger partial charge in [0.1, 0.15) is 11.6 Å². The van der Waals surface area contributed by atoms with Gasteiger partial charge in [0.25, 0.3) is 0 Å². The molecule has 1 aromatic rings. The fraction of sp³-hybridized carbons (Fsp3) is 0.533. The molecule has 0 fully saturated rings. The van der Waals surface area contributed by atoms with Crippen LogP contribution in [-0.2, 0) is 0 Å². The van der Waals surface area contributed by atoms with Gasteiger partial charge in [0.15, 0.2) is 5.78 Å². The monoisotopic (exact) mass is 267 g/mol. The molecule has 0 N–H and O–H groups in total. The maximum atomic E-state index is 13.3. The first-order chi connectivity index (χ1) is 8.99. The third kappa shape index (κ3) is 4.31. The van der Waals surface area contributed by atoms with Crippen LogP contribution >= 0.6 is 0 Å². The Balaban J connectivity index is 2.90. The highest BCUT2D eigenvalue weighted by Crippen LogP contribution is 2.20. The van der Waals surface area contributed by atoms with Crippen molar-refractivity contribution in [2.24, 2.45) is 0 Å². The molecule has 0 saturated heterocycles. The number of benzene rings is 1. The highest BCUT2D eigenvalue weighted by molar-refractivity contribution is 6.00. The molecule has 0 bridgehead atoms. The van der Waals surface area contributed by atoms with Crippen molar-refractivity contribution in [2.45, 2.75) is 33.2 Å². The number of carbonyl (C=O) groups excluding carboxylic acids is 1. The highest BCUT2D eigenvalue weighted by Gasteiger charge is 2.18. The summed E-state index contributed by atoms with van der Waals surface area (Å²) in [6.45, 7) is 7.30. The van der Waals surface area contributed by atoms with Crippen LogP contribution in [0.4, 0.5) is 4.39 Å². The van der Waals surface area contributed by atoms with Gasteiger partial charge in [-0.3, -0.25) is 9.69 Å². The highest BCUT2D eigenvalue weighted by atomic mass is 19.1. The molecular weight excluding hydrogens is 245 g/mol. The molecular formula is C15H22FNO2. The van der Waals surface area contributed by atoms with Crippen molar-refractivity contribution >= 4 is 5.78 Å². The van der Waals surface area contributed by atoms with E-state index in [-0.39, 0.29) is 18.4 Å². The number of hydrogen-bond acceptors (Lipinski definition) is 3. The first kappa shape index (κ1) is 15.6. The lowest BCUT2D eigenvalue weighted by molar-refractivity contribution is 0.0902. The molecule has 0 amide bonds. The number of methoxy groups -OCH3 is 1. The molecule has 19 heavy (non-hydrogen) atoms. The van der Waals surface area contributed by atoms with Crippen molar-refractivity contribution in [3.8, 4) is 5.75 Å². The largest absolute Gasteiger partial charge is 0.496 e. The van der Waals surface area contributed by atoms with Gasteiger partial charge in [0, 0.05) is 6.04 Å². The van der Waals surface area contributed by atoms with Crippen LogP contribution in [0, 0.1) is 5.82 Å². The summed E-state index contributed by atoms with van der Waals surface area (Å²) in [7, 11) is 1.48. The van der Waals surface area contributed by atoms with Gasteiger partial charge in [-0.1, -0.05) is 6.92 Å². The summed E-state index contributed by atoms with van der Waals surface area (Å²) >= 11 is 0. The lowest BCUT2D eigenvalue weighted by atomic mass is 10.1. The summed E-state index contributed by atoms with van der Waals surface area (Å²) in [5.41, 5.74) is 0.309. The van der Waals surface area contributed by atoms with E-state index in [1.54, 1.807) is 0 Å². The molecule has 0 aliphatic heterocycles. The van der Waals surface area contributed by atoms with Crippen LogP contribution in [-0.4, -0.2) is 36.9 Å². The van der Waals surface area contributed by atoms with Gasteiger partial charge in [-0.2, -0.15) is 0 Å². The van der Waals surface area contributed by atoms with Gasteiger partial charge >= 0.3 is 0 Å². The average Bonchev–Trinajstić information content (AvgIpc) is 2.37. The minimum Gasteiger partial charge on any atom is -0.496 e. The number of rotatable bonds is 7. The molecule has 3 nitrogen and oxygen atoms in total. The molecule has 0 unspecified atom stereocenters. The minimum absolute atomic E-state index is 0.112. The summed E-state index contributed by atoms with van der Waals surface area (Å²) in [5.74, 6) is -0.110. The third-order valence-corrected chi connectivity index (χ3v) is 3.05. The normalized spacial score (nSPS) is 11.1. The number of hydrogen-bond donors (Lipinski definition) is 0. The maximum Gasteiger partial charge on any atom is 0.180 e. The van der Waals surface area contributed by atoms with Crippen molar-refractivity contribution < 1.29 is 13.9 Å². The fourth-order valence-corrected chi connectivity index (χ4v) is 1.97. The summed E-state index contributed by atoms with van der Waals surface area (Å²) < 4.78 is 18.4. The Morgan fingerprint density at radius 3 is 2.63 bits per heavy atom. The smallest absolute Gasteiger partial charge is 0.180 e.